The van der Waals surface area contributed by atoms with Gasteiger partial charge in [0.15, 0.2) is 0 Å². The number of thiazole rings is 1. The van der Waals surface area contributed by atoms with Gasteiger partial charge in [0.2, 0.25) is 0 Å². The van der Waals surface area contributed by atoms with Gasteiger partial charge in [0, 0.05) is 28.4 Å². The molecule has 0 amide bonds. The molecule has 3 aromatic carbocycles. The standard InChI is InChI=1S/C23H21ClN2OS/c1-3-27-21-11-7-18(24)13-17(21)14-25-19-8-5-16(6-9-19)23-26-20-10-4-15(2)12-22(20)28-23/h4-13,25H,3,14H2,1-2H3. The van der Waals surface area contributed by atoms with Gasteiger partial charge in [0.05, 0.1) is 16.8 Å². The summed E-state index contributed by atoms with van der Waals surface area (Å²) in [5.74, 6) is 0.862. The molecule has 0 aliphatic heterocycles. The zero-order valence-electron chi connectivity index (χ0n) is 15.8. The lowest BCUT2D eigenvalue weighted by Gasteiger charge is -2.12. The third kappa shape index (κ3) is 4.13. The van der Waals surface area contributed by atoms with Crippen LogP contribution < -0.4 is 10.1 Å². The van der Waals surface area contributed by atoms with Crippen LogP contribution in [-0.2, 0) is 6.54 Å². The molecule has 0 aliphatic rings. The Kier molecular flexibility index (Phi) is 5.51. The van der Waals surface area contributed by atoms with Crippen LogP contribution in [0.4, 0.5) is 5.69 Å². The van der Waals surface area contributed by atoms with E-state index in [1.54, 1.807) is 11.3 Å². The van der Waals surface area contributed by atoms with E-state index >= 15 is 0 Å². The molecular formula is C23H21ClN2OS. The van der Waals surface area contributed by atoms with E-state index in [2.05, 4.69) is 54.7 Å². The molecule has 0 bridgehead atoms. The maximum absolute atomic E-state index is 6.14. The van der Waals surface area contributed by atoms with Crippen LogP contribution in [0.2, 0.25) is 5.02 Å². The Hall–Kier alpha value is -2.56. The average Bonchev–Trinajstić information content (AvgIpc) is 3.12. The first-order valence-corrected chi connectivity index (χ1v) is 10.4. The highest BCUT2D eigenvalue weighted by Crippen LogP contribution is 2.31. The molecule has 1 heterocycles. The van der Waals surface area contributed by atoms with Crippen molar-refractivity contribution in [3.63, 3.8) is 0 Å². The summed E-state index contributed by atoms with van der Waals surface area (Å²) in [7, 11) is 0. The Morgan fingerprint density at radius 3 is 2.64 bits per heavy atom. The number of benzene rings is 3. The van der Waals surface area contributed by atoms with Crippen molar-refractivity contribution in [1.29, 1.82) is 0 Å². The zero-order valence-corrected chi connectivity index (χ0v) is 17.4. The Labute approximate surface area is 174 Å². The molecule has 0 saturated carbocycles. The van der Waals surface area contributed by atoms with Crippen molar-refractivity contribution in [1.82, 2.24) is 4.98 Å². The van der Waals surface area contributed by atoms with E-state index in [0.29, 0.717) is 18.2 Å². The molecule has 0 unspecified atom stereocenters. The third-order valence-corrected chi connectivity index (χ3v) is 5.78. The molecule has 1 N–H and O–H groups in total. The molecule has 0 saturated heterocycles. The molecule has 0 atom stereocenters. The lowest BCUT2D eigenvalue weighted by Crippen LogP contribution is -2.03. The van der Waals surface area contributed by atoms with E-state index in [4.69, 9.17) is 21.3 Å². The van der Waals surface area contributed by atoms with E-state index in [9.17, 15) is 0 Å². The highest BCUT2D eigenvalue weighted by Gasteiger charge is 2.08. The van der Waals surface area contributed by atoms with Gasteiger partial charge in [-0.25, -0.2) is 4.98 Å². The van der Waals surface area contributed by atoms with Gasteiger partial charge in [-0.3, -0.25) is 0 Å². The van der Waals surface area contributed by atoms with Gasteiger partial charge >= 0.3 is 0 Å². The van der Waals surface area contributed by atoms with Gasteiger partial charge in [-0.1, -0.05) is 17.7 Å². The number of hydrogen-bond donors (Lipinski definition) is 1. The highest BCUT2D eigenvalue weighted by molar-refractivity contribution is 7.21. The van der Waals surface area contributed by atoms with Crippen LogP contribution in [0.3, 0.4) is 0 Å². The van der Waals surface area contributed by atoms with Crippen LogP contribution in [0.15, 0.2) is 60.7 Å². The van der Waals surface area contributed by atoms with E-state index < -0.39 is 0 Å². The van der Waals surface area contributed by atoms with Gasteiger partial charge in [0.25, 0.3) is 0 Å². The summed E-state index contributed by atoms with van der Waals surface area (Å²) in [6.45, 7) is 5.37. The number of nitrogens with one attached hydrogen (secondary N) is 1. The number of anilines is 1. The van der Waals surface area contributed by atoms with Gasteiger partial charge in [0.1, 0.15) is 10.8 Å². The van der Waals surface area contributed by atoms with Crippen molar-refractivity contribution >= 4 is 38.8 Å². The molecule has 4 rings (SSSR count). The van der Waals surface area contributed by atoms with E-state index in [1.807, 2.05) is 25.1 Å². The molecule has 142 valence electrons. The maximum Gasteiger partial charge on any atom is 0.124 e. The monoisotopic (exact) mass is 408 g/mol. The topological polar surface area (TPSA) is 34.1 Å². The van der Waals surface area contributed by atoms with Crippen molar-refractivity contribution in [2.45, 2.75) is 20.4 Å². The fraction of sp³-hybridized carbons (Fsp3) is 0.174. The number of ether oxygens (including phenoxy) is 1. The Bertz CT molecular complexity index is 1110. The fourth-order valence-corrected chi connectivity index (χ4v) is 4.33. The maximum atomic E-state index is 6.14. The second-order valence-electron chi connectivity index (χ2n) is 6.61. The Morgan fingerprint density at radius 1 is 1.04 bits per heavy atom. The lowest BCUT2D eigenvalue weighted by molar-refractivity contribution is 0.337. The second-order valence-corrected chi connectivity index (χ2v) is 8.07. The predicted octanol–water partition coefficient (Wildman–Crippen LogP) is 6.94. The first-order valence-electron chi connectivity index (χ1n) is 9.25. The molecule has 3 nitrogen and oxygen atoms in total. The zero-order chi connectivity index (χ0) is 19.5. The Morgan fingerprint density at radius 2 is 1.86 bits per heavy atom. The van der Waals surface area contributed by atoms with Crippen LogP contribution >= 0.6 is 22.9 Å². The average molecular weight is 409 g/mol. The van der Waals surface area contributed by atoms with Crippen molar-refractivity contribution in [2.75, 3.05) is 11.9 Å². The minimum absolute atomic E-state index is 0.630. The molecule has 28 heavy (non-hydrogen) atoms. The van der Waals surface area contributed by atoms with Gasteiger partial charge in [-0.05, 0) is 74.0 Å². The number of rotatable bonds is 6. The van der Waals surface area contributed by atoms with E-state index in [1.165, 1.54) is 10.3 Å². The summed E-state index contributed by atoms with van der Waals surface area (Å²) in [6, 6.07) is 20.5. The van der Waals surface area contributed by atoms with Crippen LogP contribution in [0.1, 0.15) is 18.1 Å². The van der Waals surface area contributed by atoms with Gasteiger partial charge in [-0.15, -0.1) is 11.3 Å². The van der Waals surface area contributed by atoms with Crippen molar-refractivity contribution in [3.05, 3.63) is 76.8 Å². The highest BCUT2D eigenvalue weighted by atomic mass is 35.5. The lowest BCUT2D eigenvalue weighted by atomic mass is 10.1. The number of hydrogen-bond acceptors (Lipinski definition) is 4. The number of nitrogens with zero attached hydrogens (tertiary/aromatic N) is 1. The van der Waals surface area contributed by atoms with Crippen LogP contribution in [0.5, 0.6) is 5.75 Å². The normalized spacial score (nSPS) is 11.0. The first-order chi connectivity index (χ1) is 13.6. The Balaban J connectivity index is 1.50. The van der Waals surface area contributed by atoms with Gasteiger partial charge < -0.3 is 10.1 Å². The molecule has 0 radical (unpaired) electrons. The van der Waals surface area contributed by atoms with Crippen molar-refractivity contribution in [3.8, 4) is 16.3 Å². The molecule has 0 spiro atoms. The number of fused-ring (bicyclic) bond motifs is 1. The minimum Gasteiger partial charge on any atom is -0.494 e. The van der Waals surface area contributed by atoms with E-state index in [-0.39, 0.29) is 0 Å². The summed E-state index contributed by atoms with van der Waals surface area (Å²) in [5.41, 5.74) is 5.53. The van der Waals surface area contributed by atoms with Crippen molar-refractivity contribution in [2.24, 2.45) is 0 Å². The second kappa shape index (κ2) is 8.21. The fourth-order valence-electron chi connectivity index (χ4n) is 3.07. The molecule has 5 heteroatoms. The smallest absolute Gasteiger partial charge is 0.124 e. The largest absolute Gasteiger partial charge is 0.494 e. The van der Waals surface area contributed by atoms with Crippen LogP contribution in [0, 0.1) is 6.92 Å². The first kappa shape index (κ1) is 18.8. The van der Waals surface area contributed by atoms with Gasteiger partial charge in [-0.2, -0.15) is 0 Å². The van der Waals surface area contributed by atoms with Crippen LogP contribution in [0.25, 0.3) is 20.8 Å². The number of aromatic nitrogens is 1. The number of aryl methyl sites for hydroxylation is 1. The van der Waals surface area contributed by atoms with E-state index in [0.717, 1.165) is 33.1 Å². The minimum atomic E-state index is 0.630. The van der Waals surface area contributed by atoms with Crippen molar-refractivity contribution < 1.29 is 4.74 Å². The summed E-state index contributed by atoms with van der Waals surface area (Å²) >= 11 is 7.87. The molecular weight excluding hydrogens is 388 g/mol. The summed E-state index contributed by atoms with van der Waals surface area (Å²) in [5, 5.41) is 5.20. The molecule has 4 aromatic rings. The quantitative estimate of drug-likeness (QED) is 0.375. The molecule has 1 aromatic heterocycles. The summed E-state index contributed by atoms with van der Waals surface area (Å²) in [4.78, 5) is 4.76. The predicted molar refractivity (Wildman–Crippen MR) is 120 cm³/mol. The van der Waals surface area contributed by atoms with Crippen LogP contribution in [-0.4, -0.2) is 11.6 Å². The molecule has 0 aliphatic carbocycles. The molecule has 0 fully saturated rings. The SMILES string of the molecule is CCOc1ccc(Cl)cc1CNc1ccc(-c2nc3ccc(C)cc3s2)cc1. The third-order valence-electron chi connectivity index (χ3n) is 4.48. The number of halogens is 1. The summed E-state index contributed by atoms with van der Waals surface area (Å²) < 4.78 is 6.91. The summed E-state index contributed by atoms with van der Waals surface area (Å²) in [6.07, 6.45) is 0.